The minimum absolute atomic E-state index is 0. The van der Waals surface area contributed by atoms with E-state index in [9.17, 15) is 9.90 Å². The first kappa shape index (κ1) is 28.7. The molecule has 0 aliphatic heterocycles. The number of hydrogen-bond acceptors (Lipinski definition) is 3. The van der Waals surface area contributed by atoms with Crippen molar-refractivity contribution in [2.75, 3.05) is 0 Å². The number of allylic oxidation sites excluding steroid dienone is 2. The largest absolute Gasteiger partial charge is 0.512 e. The Morgan fingerprint density at radius 1 is 0.909 bits per heavy atom. The van der Waals surface area contributed by atoms with Gasteiger partial charge in [-0.05, 0) is 35.9 Å². The number of carbonyl (C=O) groups is 1. The summed E-state index contributed by atoms with van der Waals surface area (Å²) < 4.78 is 0. The standard InChI is InChI=1S/C18H16N.C11H20O2.Ir/c1-12-5-4-6-15(9-12)18-17-10-13(2)7-8-16(17)14(3)11-19-18;1-10(2,3)8(12)7-9(13)11(4,5)6;/h4-5,7-11H,1-3H3;7,12H,1-6H3;/q-1;;/b;8-7-;. The van der Waals surface area contributed by atoms with Gasteiger partial charge in [-0.15, -0.1) is 35.4 Å². The molecule has 1 heterocycles. The molecule has 179 valence electrons. The van der Waals surface area contributed by atoms with Crippen LogP contribution in [0.3, 0.4) is 0 Å². The minimum atomic E-state index is -0.417. The maximum atomic E-state index is 11.5. The Labute approximate surface area is 212 Å². The van der Waals surface area contributed by atoms with Crippen LogP contribution in [0.25, 0.3) is 22.0 Å². The molecule has 0 bridgehead atoms. The molecule has 0 fully saturated rings. The van der Waals surface area contributed by atoms with Crippen molar-refractivity contribution in [3.8, 4) is 11.3 Å². The van der Waals surface area contributed by atoms with Gasteiger partial charge in [-0.1, -0.05) is 72.2 Å². The molecule has 0 saturated carbocycles. The summed E-state index contributed by atoms with van der Waals surface area (Å²) in [6.07, 6.45) is 3.28. The number of aryl methyl sites for hydroxylation is 3. The molecule has 3 nitrogen and oxygen atoms in total. The number of benzene rings is 2. The van der Waals surface area contributed by atoms with E-state index in [1.807, 2.05) is 53.8 Å². The number of aliphatic hydroxyl groups excluding tert-OH is 1. The van der Waals surface area contributed by atoms with Crippen LogP contribution >= 0.6 is 0 Å². The molecular formula is C29H36IrNO2-. The third kappa shape index (κ3) is 7.91. The zero-order valence-corrected chi connectivity index (χ0v) is 23.6. The third-order valence-corrected chi connectivity index (χ3v) is 5.23. The Balaban J connectivity index is 0.000000346. The molecule has 0 spiro atoms. The predicted octanol–water partition coefficient (Wildman–Crippen LogP) is 7.71. The van der Waals surface area contributed by atoms with E-state index in [-0.39, 0.29) is 37.1 Å². The summed E-state index contributed by atoms with van der Waals surface area (Å²) in [7, 11) is 0. The van der Waals surface area contributed by atoms with Crippen LogP contribution in [-0.2, 0) is 24.9 Å². The molecule has 0 aliphatic rings. The van der Waals surface area contributed by atoms with Crippen molar-refractivity contribution in [1.82, 2.24) is 4.98 Å². The van der Waals surface area contributed by atoms with Crippen LogP contribution in [0.2, 0.25) is 0 Å². The SMILES string of the molecule is CC(C)(C)C(=O)/C=C(\O)C(C)(C)C.Cc1cc[c-]c(-c2ncc(C)c3ccc(C)cc23)c1.[Ir]. The van der Waals surface area contributed by atoms with Crippen molar-refractivity contribution in [2.24, 2.45) is 10.8 Å². The second kappa shape index (κ2) is 11.2. The Morgan fingerprint density at radius 2 is 1.52 bits per heavy atom. The van der Waals surface area contributed by atoms with Crippen LogP contribution in [-0.4, -0.2) is 15.9 Å². The summed E-state index contributed by atoms with van der Waals surface area (Å²) >= 11 is 0. The molecule has 33 heavy (non-hydrogen) atoms. The second-order valence-electron chi connectivity index (χ2n) is 10.5. The number of aromatic nitrogens is 1. The van der Waals surface area contributed by atoms with Crippen molar-refractivity contribution in [1.29, 1.82) is 0 Å². The van der Waals surface area contributed by atoms with E-state index in [1.165, 1.54) is 33.5 Å². The Kier molecular flexibility index (Phi) is 9.78. The molecule has 2 aromatic carbocycles. The van der Waals surface area contributed by atoms with Crippen LogP contribution in [0.1, 0.15) is 58.2 Å². The Morgan fingerprint density at radius 3 is 2.06 bits per heavy atom. The molecule has 4 heteroatoms. The van der Waals surface area contributed by atoms with E-state index in [1.54, 1.807) is 0 Å². The van der Waals surface area contributed by atoms with Crippen LogP contribution in [0.15, 0.2) is 54.4 Å². The molecule has 3 rings (SSSR count). The average Bonchev–Trinajstić information content (AvgIpc) is 2.67. The van der Waals surface area contributed by atoms with Crippen molar-refractivity contribution >= 4 is 16.6 Å². The number of hydrogen-bond donors (Lipinski definition) is 1. The first-order valence-corrected chi connectivity index (χ1v) is 11.0. The number of carbonyl (C=O) groups excluding carboxylic acids is 1. The van der Waals surface area contributed by atoms with Crippen LogP contribution < -0.4 is 0 Å². The molecule has 0 saturated heterocycles. The van der Waals surface area contributed by atoms with E-state index in [4.69, 9.17) is 0 Å². The van der Waals surface area contributed by atoms with E-state index in [0.717, 1.165) is 11.3 Å². The van der Waals surface area contributed by atoms with Gasteiger partial charge in [-0.2, -0.15) is 0 Å². The average molecular weight is 623 g/mol. The summed E-state index contributed by atoms with van der Waals surface area (Å²) in [5.41, 5.74) is 5.03. The fraction of sp³-hybridized carbons (Fsp3) is 0.379. The third-order valence-electron chi connectivity index (χ3n) is 5.23. The number of aliphatic hydroxyl groups is 1. The van der Waals surface area contributed by atoms with Crippen molar-refractivity contribution < 1.29 is 30.0 Å². The minimum Gasteiger partial charge on any atom is -0.512 e. The van der Waals surface area contributed by atoms with Gasteiger partial charge in [0.25, 0.3) is 0 Å². The van der Waals surface area contributed by atoms with Gasteiger partial charge in [-0.3, -0.25) is 4.79 Å². The van der Waals surface area contributed by atoms with E-state index in [2.05, 4.69) is 62.2 Å². The van der Waals surface area contributed by atoms with Gasteiger partial charge in [0.15, 0.2) is 5.78 Å². The first-order valence-electron chi connectivity index (χ1n) is 11.0. The number of nitrogens with zero attached hydrogens (tertiary/aromatic N) is 1. The van der Waals surface area contributed by atoms with Crippen LogP contribution in [0, 0.1) is 37.7 Å². The maximum absolute atomic E-state index is 11.5. The summed E-state index contributed by atoms with van der Waals surface area (Å²) in [6.45, 7) is 17.4. The van der Waals surface area contributed by atoms with Crippen LogP contribution in [0.5, 0.6) is 0 Å². The summed E-state index contributed by atoms with van der Waals surface area (Å²) in [5, 5.41) is 12.0. The molecule has 1 N–H and O–H groups in total. The number of rotatable bonds is 2. The molecular weight excluding hydrogens is 587 g/mol. The zero-order valence-electron chi connectivity index (χ0n) is 21.3. The number of ketones is 1. The molecule has 1 radical (unpaired) electrons. The maximum Gasteiger partial charge on any atom is 0.164 e. The van der Waals surface area contributed by atoms with E-state index in [0.29, 0.717) is 0 Å². The second-order valence-corrected chi connectivity index (χ2v) is 10.5. The normalized spacial score (nSPS) is 12.0. The zero-order chi connectivity index (χ0) is 24.3. The van der Waals surface area contributed by atoms with Crippen molar-refractivity contribution in [2.45, 2.75) is 62.3 Å². The molecule has 3 aromatic rings. The van der Waals surface area contributed by atoms with Gasteiger partial charge in [0.2, 0.25) is 0 Å². The molecule has 0 amide bonds. The van der Waals surface area contributed by atoms with Gasteiger partial charge in [-0.25, -0.2) is 0 Å². The van der Waals surface area contributed by atoms with Crippen molar-refractivity contribution in [3.05, 3.63) is 77.2 Å². The van der Waals surface area contributed by atoms with Crippen LogP contribution in [0.4, 0.5) is 0 Å². The first-order chi connectivity index (χ1) is 14.7. The quantitative estimate of drug-likeness (QED) is 0.181. The van der Waals surface area contributed by atoms with Gasteiger partial charge in [0.05, 0.1) is 0 Å². The monoisotopic (exact) mass is 623 g/mol. The fourth-order valence-corrected chi connectivity index (χ4v) is 2.99. The van der Waals surface area contributed by atoms with Gasteiger partial charge >= 0.3 is 0 Å². The summed E-state index contributed by atoms with van der Waals surface area (Å²) in [4.78, 5) is 16.1. The summed E-state index contributed by atoms with van der Waals surface area (Å²) in [5.74, 6) is 0.104. The van der Waals surface area contributed by atoms with E-state index >= 15 is 0 Å². The van der Waals surface area contributed by atoms with Gasteiger partial charge in [0, 0.05) is 43.2 Å². The van der Waals surface area contributed by atoms with Crippen molar-refractivity contribution in [3.63, 3.8) is 0 Å². The Hall–Kier alpha value is -2.29. The van der Waals surface area contributed by atoms with Gasteiger partial charge in [0.1, 0.15) is 5.76 Å². The summed E-state index contributed by atoms with van der Waals surface area (Å²) in [6, 6.07) is 16.0. The number of fused-ring (bicyclic) bond motifs is 1. The Bertz CT molecular complexity index is 1150. The van der Waals surface area contributed by atoms with E-state index < -0.39 is 5.41 Å². The van der Waals surface area contributed by atoms with Gasteiger partial charge < -0.3 is 10.1 Å². The fourth-order valence-electron chi connectivity index (χ4n) is 2.99. The topological polar surface area (TPSA) is 50.2 Å². The molecule has 0 atom stereocenters. The molecule has 1 aromatic heterocycles. The predicted molar refractivity (Wildman–Crippen MR) is 135 cm³/mol. The molecule has 0 aliphatic carbocycles. The number of pyridine rings is 1. The smallest absolute Gasteiger partial charge is 0.164 e. The molecule has 0 unspecified atom stereocenters.